The van der Waals surface area contributed by atoms with Crippen molar-refractivity contribution >= 4 is 49.8 Å². The van der Waals surface area contributed by atoms with Gasteiger partial charge in [0.25, 0.3) is 0 Å². The van der Waals surface area contributed by atoms with Crippen LogP contribution in [0.25, 0.3) is 22.2 Å². The summed E-state index contributed by atoms with van der Waals surface area (Å²) < 4.78 is 28.7. The second kappa shape index (κ2) is 8.44. The molecule has 1 heterocycles. The van der Waals surface area contributed by atoms with Gasteiger partial charge >= 0.3 is 0 Å². The lowest BCUT2D eigenvalue weighted by atomic mass is 10.1. The highest BCUT2D eigenvalue weighted by Crippen LogP contribution is 2.35. The van der Waals surface area contributed by atoms with Crippen LogP contribution in [0.1, 0.15) is 18.9 Å². The van der Waals surface area contributed by atoms with Crippen LogP contribution >= 0.6 is 23.2 Å². The molecule has 0 saturated heterocycles. The third-order valence-electron chi connectivity index (χ3n) is 4.43. The zero-order valence-corrected chi connectivity index (χ0v) is 17.6. The molecule has 1 aromatic heterocycles. The highest BCUT2D eigenvalue weighted by atomic mass is 35.5. The number of benzene rings is 2. The number of anilines is 1. The standard InChI is InChI=1S/C20H19Cl2N3O2S/c1-2-25-19-9-6-15(22)12-17(19)18(13-23)20(25)14-4-7-16(8-5-14)24-28(26,27)11-3-10-21/h4-9,12,24H,2-3,10-11H2,1H3. The number of aryl methyl sites for hydroxylation is 1. The van der Waals surface area contributed by atoms with Gasteiger partial charge in [0.15, 0.2) is 0 Å². The van der Waals surface area contributed by atoms with Gasteiger partial charge in [0.2, 0.25) is 10.0 Å². The summed E-state index contributed by atoms with van der Waals surface area (Å²) in [6, 6.07) is 14.8. The van der Waals surface area contributed by atoms with Crippen LogP contribution in [0, 0.1) is 11.3 Å². The predicted octanol–water partition coefficient (Wildman–Crippen LogP) is 5.22. The number of hydrogen-bond donors (Lipinski definition) is 1. The molecular weight excluding hydrogens is 417 g/mol. The van der Waals surface area contributed by atoms with Gasteiger partial charge in [0, 0.05) is 34.0 Å². The van der Waals surface area contributed by atoms with Gasteiger partial charge in [-0.3, -0.25) is 4.72 Å². The molecule has 0 aliphatic carbocycles. The highest BCUT2D eigenvalue weighted by Gasteiger charge is 2.18. The van der Waals surface area contributed by atoms with Crippen molar-refractivity contribution in [2.24, 2.45) is 0 Å². The first-order chi connectivity index (χ1) is 13.4. The smallest absolute Gasteiger partial charge is 0.232 e. The normalized spacial score (nSPS) is 11.5. The van der Waals surface area contributed by atoms with E-state index in [4.69, 9.17) is 23.2 Å². The van der Waals surface area contributed by atoms with E-state index in [0.29, 0.717) is 35.1 Å². The van der Waals surface area contributed by atoms with Crippen LogP contribution < -0.4 is 4.72 Å². The largest absolute Gasteiger partial charge is 0.340 e. The minimum atomic E-state index is -3.43. The number of rotatable bonds is 7. The Morgan fingerprint density at radius 2 is 1.89 bits per heavy atom. The Kier molecular flexibility index (Phi) is 6.19. The molecule has 1 N–H and O–H groups in total. The third kappa shape index (κ3) is 4.12. The van der Waals surface area contributed by atoms with Crippen LogP contribution in [0.5, 0.6) is 0 Å². The fourth-order valence-corrected chi connectivity index (χ4v) is 4.83. The van der Waals surface area contributed by atoms with Gasteiger partial charge in [-0.2, -0.15) is 5.26 Å². The van der Waals surface area contributed by atoms with Gasteiger partial charge in [-0.05, 0) is 49.2 Å². The predicted molar refractivity (Wildman–Crippen MR) is 116 cm³/mol. The van der Waals surface area contributed by atoms with Crippen molar-refractivity contribution in [2.75, 3.05) is 16.4 Å². The van der Waals surface area contributed by atoms with Crippen molar-refractivity contribution in [3.8, 4) is 17.3 Å². The lowest BCUT2D eigenvalue weighted by molar-refractivity contribution is 0.600. The van der Waals surface area contributed by atoms with Crippen LogP contribution in [0.4, 0.5) is 5.69 Å². The molecule has 0 bridgehead atoms. The molecule has 2 aromatic carbocycles. The number of nitrogens with zero attached hydrogens (tertiary/aromatic N) is 2. The van der Waals surface area contributed by atoms with Gasteiger partial charge in [-0.15, -0.1) is 11.6 Å². The van der Waals surface area contributed by atoms with E-state index in [2.05, 4.69) is 15.4 Å². The molecule has 0 radical (unpaired) electrons. The lowest BCUT2D eigenvalue weighted by Crippen LogP contribution is -2.16. The minimum Gasteiger partial charge on any atom is -0.340 e. The fourth-order valence-electron chi connectivity index (χ4n) is 3.24. The molecule has 3 aromatic rings. The maximum atomic E-state index is 12.0. The number of fused-ring (bicyclic) bond motifs is 1. The Hall–Kier alpha value is -2.20. The summed E-state index contributed by atoms with van der Waals surface area (Å²) in [4.78, 5) is 0. The van der Waals surface area contributed by atoms with E-state index in [1.165, 1.54) is 0 Å². The monoisotopic (exact) mass is 435 g/mol. The molecule has 0 spiro atoms. The summed E-state index contributed by atoms with van der Waals surface area (Å²) in [5.41, 5.74) is 3.58. The highest BCUT2D eigenvalue weighted by molar-refractivity contribution is 7.92. The van der Waals surface area contributed by atoms with E-state index in [-0.39, 0.29) is 5.75 Å². The van der Waals surface area contributed by atoms with Crippen molar-refractivity contribution in [1.29, 1.82) is 5.26 Å². The van der Waals surface area contributed by atoms with Crippen LogP contribution in [0.2, 0.25) is 5.02 Å². The maximum Gasteiger partial charge on any atom is 0.232 e. The summed E-state index contributed by atoms with van der Waals surface area (Å²) in [5.74, 6) is 0.268. The van der Waals surface area contributed by atoms with Crippen LogP contribution in [-0.4, -0.2) is 24.6 Å². The minimum absolute atomic E-state index is 0.0261. The number of alkyl halides is 1. The van der Waals surface area contributed by atoms with E-state index in [9.17, 15) is 13.7 Å². The van der Waals surface area contributed by atoms with E-state index in [0.717, 1.165) is 22.2 Å². The molecule has 8 heteroatoms. The number of nitrogens with one attached hydrogen (secondary N) is 1. The van der Waals surface area contributed by atoms with E-state index >= 15 is 0 Å². The quantitative estimate of drug-likeness (QED) is 0.516. The van der Waals surface area contributed by atoms with Crippen molar-refractivity contribution in [2.45, 2.75) is 19.9 Å². The molecule has 0 fully saturated rings. The molecule has 0 aliphatic heterocycles. The van der Waals surface area contributed by atoms with Crippen molar-refractivity contribution < 1.29 is 8.42 Å². The number of halogens is 2. The van der Waals surface area contributed by atoms with Crippen molar-refractivity contribution in [3.05, 3.63) is 53.1 Å². The molecule has 0 unspecified atom stereocenters. The first-order valence-electron chi connectivity index (χ1n) is 8.79. The maximum absolute atomic E-state index is 12.0. The number of aromatic nitrogens is 1. The molecule has 146 valence electrons. The lowest BCUT2D eigenvalue weighted by Gasteiger charge is -2.11. The number of nitriles is 1. The Morgan fingerprint density at radius 1 is 1.18 bits per heavy atom. The summed E-state index contributed by atoms with van der Waals surface area (Å²) in [5, 5.41) is 11.1. The molecule has 0 saturated carbocycles. The summed E-state index contributed by atoms with van der Waals surface area (Å²) in [6.07, 6.45) is 0.389. The Balaban J connectivity index is 2.03. The number of hydrogen-bond acceptors (Lipinski definition) is 3. The summed E-state index contributed by atoms with van der Waals surface area (Å²) in [6.45, 7) is 2.69. The average Bonchev–Trinajstić information content (AvgIpc) is 2.99. The second-order valence-electron chi connectivity index (χ2n) is 6.28. The molecule has 5 nitrogen and oxygen atoms in total. The number of sulfonamides is 1. The molecule has 0 amide bonds. The van der Waals surface area contributed by atoms with Crippen LogP contribution in [-0.2, 0) is 16.6 Å². The fraction of sp³-hybridized carbons (Fsp3) is 0.250. The Bertz CT molecular complexity index is 1150. The van der Waals surface area contributed by atoms with E-state index in [1.807, 2.05) is 25.1 Å². The van der Waals surface area contributed by atoms with Gasteiger partial charge in [0.05, 0.1) is 17.0 Å². The van der Waals surface area contributed by atoms with E-state index < -0.39 is 10.0 Å². The first-order valence-corrected chi connectivity index (χ1v) is 11.4. The third-order valence-corrected chi connectivity index (χ3v) is 6.31. The van der Waals surface area contributed by atoms with Gasteiger partial charge in [0.1, 0.15) is 6.07 Å². The van der Waals surface area contributed by atoms with Crippen molar-refractivity contribution in [3.63, 3.8) is 0 Å². The molecule has 3 rings (SSSR count). The Labute approximate surface area is 174 Å². The zero-order chi connectivity index (χ0) is 20.3. The van der Waals surface area contributed by atoms with Gasteiger partial charge < -0.3 is 4.57 Å². The summed E-state index contributed by atoms with van der Waals surface area (Å²) in [7, 11) is -3.43. The van der Waals surface area contributed by atoms with Crippen molar-refractivity contribution in [1.82, 2.24) is 4.57 Å². The first kappa shape index (κ1) is 20.5. The van der Waals surface area contributed by atoms with Crippen LogP contribution in [0.3, 0.4) is 0 Å². The van der Waals surface area contributed by atoms with Gasteiger partial charge in [-0.1, -0.05) is 23.7 Å². The van der Waals surface area contributed by atoms with Gasteiger partial charge in [-0.25, -0.2) is 8.42 Å². The van der Waals surface area contributed by atoms with E-state index in [1.54, 1.807) is 24.3 Å². The average molecular weight is 436 g/mol. The zero-order valence-electron chi connectivity index (χ0n) is 15.2. The topological polar surface area (TPSA) is 74.9 Å². The SMILES string of the molecule is CCn1c(-c2ccc(NS(=O)(=O)CCCCl)cc2)c(C#N)c2cc(Cl)ccc21. The Morgan fingerprint density at radius 3 is 2.50 bits per heavy atom. The summed E-state index contributed by atoms with van der Waals surface area (Å²) >= 11 is 11.7. The molecule has 0 aliphatic rings. The molecule has 0 atom stereocenters. The molecule has 28 heavy (non-hydrogen) atoms. The second-order valence-corrected chi connectivity index (χ2v) is 8.94. The van der Waals surface area contributed by atoms with Crippen LogP contribution in [0.15, 0.2) is 42.5 Å². The molecular formula is C20H19Cl2N3O2S.